The van der Waals surface area contributed by atoms with Crippen LogP contribution in [0.2, 0.25) is 0 Å². The lowest BCUT2D eigenvalue weighted by atomic mass is 10.1. The molecule has 1 aromatic heterocycles. The maximum atomic E-state index is 12.0. The maximum Gasteiger partial charge on any atom is 0.330 e. The molecule has 2 aromatic carbocycles. The molecule has 0 aliphatic rings. The third-order valence-corrected chi connectivity index (χ3v) is 3.78. The second kappa shape index (κ2) is 6.04. The summed E-state index contributed by atoms with van der Waals surface area (Å²) in [6.45, 7) is 1.59. The van der Waals surface area contributed by atoms with E-state index in [2.05, 4.69) is 9.84 Å². The molecule has 0 amide bonds. The molecule has 0 spiro atoms. The highest BCUT2D eigenvalue weighted by Crippen LogP contribution is 2.22. The highest BCUT2D eigenvalue weighted by Gasteiger charge is 2.18. The van der Waals surface area contributed by atoms with Gasteiger partial charge in [0.2, 0.25) is 0 Å². The van der Waals surface area contributed by atoms with Gasteiger partial charge in [-0.3, -0.25) is 4.79 Å². The van der Waals surface area contributed by atoms with Crippen LogP contribution in [0.4, 0.5) is 0 Å². The Bertz CT molecular complexity index is 931. The fourth-order valence-corrected chi connectivity index (χ4v) is 2.48. The van der Waals surface area contributed by atoms with Crippen LogP contribution in [0.15, 0.2) is 59.4 Å². The molecule has 0 saturated carbocycles. The number of esters is 1. The zero-order chi connectivity index (χ0) is 16.4. The smallest absolute Gasteiger partial charge is 0.330 e. The number of carbonyl (C=O) groups excluding carboxylic acids is 1. The van der Waals surface area contributed by atoms with Crippen molar-refractivity contribution in [2.75, 3.05) is 7.11 Å². The lowest BCUT2D eigenvalue weighted by Crippen LogP contribution is -2.30. The van der Waals surface area contributed by atoms with Crippen molar-refractivity contribution in [1.82, 2.24) is 9.78 Å². The fourth-order valence-electron chi connectivity index (χ4n) is 2.48. The van der Waals surface area contributed by atoms with Crippen molar-refractivity contribution in [1.29, 1.82) is 0 Å². The Morgan fingerprint density at radius 1 is 1.09 bits per heavy atom. The maximum absolute atomic E-state index is 12.0. The Labute approximate surface area is 133 Å². The minimum absolute atomic E-state index is 0.340. The molecule has 3 rings (SSSR count). The molecule has 0 aliphatic heterocycles. The van der Waals surface area contributed by atoms with Crippen LogP contribution in [0.1, 0.15) is 13.0 Å². The Morgan fingerprint density at radius 3 is 2.57 bits per heavy atom. The molecule has 0 fully saturated rings. The van der Waals surface area contributed by atoms with Crippen molar-refractivity contribution in [2.24, 2.45) is 0 Å². The normalized spacial score (nSPS) is 12.1. The first-order valence-corrected chi connectivity index (χ1v) is 7.27. The average Bonchev–Trinajstić information content (AvgIpc) is 2.60. The summed E-state index contributed by atoms with van der Waals surface area (Å²) in [4.78, 5) is 23.6. The molecule has 23 heavy (non-hydrogen) atoms. The highest BCUT2D eigenvalue weighted by atomic mass is 16.5. The zero-order valence-electron chi connectivity index (χ0n) is 12.9. The number of ether oxygens (including phenoxy) is 1. The average molecular weight is 308 g/mol. The summed E-state index contributed by atoms with van der Waals surface area (Å²) >= 11 is 0. The van der Waals surface area contributed by atoms with E-state index < -0.39 is 12.0 Å². The van der Waals surface area contributed by atoms with E-state index >= 15 is 0 Å². The summed E-state index contributed by atoms with van der Waals surface area (Å²) in [6, 6.07) is 16.3. The Hall–Kier alpha value is -2.95. The summed E-state index contributed by atoms with van der Waals surface area (Å²) in [5.74, 6) is -0.504. The molecule has 0 N–H and O–H groups in total. The Kier molecular flexibility index (Phi) is 3.93. The third-order valence-electron chi connectivity index (χ3n) is 3.78. The van der Waals surface area contributed by atoms with Crippen LogP contribution < -0.4 is 5.56 Å². The topological polar surface area (TPSA) is 61.2 Å². The number of fused-ring (bicyclic) bond motifs is 1. The van der Waals surface area contributed by atoms with Gasteiger partial charge in [0, 0.05) is 11.6 Å². The molecular weight excluding hydrogens is 292 g/mol. The molecular formula is C18H16N2O3. The van der Waals surface area contributed by atoms with Crippen molar-refractivity contribution < 1.29 is 9.53 Å². The first kappa shape index (κ1) is 15.0. The van der Waals surface area contributed by atoms with Crippen LogP contribution in [0.5, 0.6) is 0 Å². The van der Waals surface area contributed by atoms with E-state index in [0.717, 1.165) is 21.0 Å². The standard InChI is InChI=1S/C18H16N2O3/c1-12(18(22)23-2)20-17(21)10-9-16(19-20)15-8-7-13-5-3-4-6-14(13)11-15/h3-12H,1-2H3/t12-/m1/s1. The van der Waals surface area contributed by atoms with Crippen LogP contribution in [-0.2, 0) is 9.53 Å². The van der Waals surface area contributed by atoms with Gasteiger partial charge in [-0.05, 0) is 29.8 Å². The van der Waals surface area contributed by atoms with Gasteiger partial charge < -0.3 is 4.74 Å². The molecule has 0 saturated heterocycles. The number of aromatic nitrogens is 2. The molecule has 0 unspecified atom stereocenters. The summed E-state index contributed by atoms with van der Waals surface area (Å²) in [7, 11) is 1.29. The summed E-state index contributed by atoms with van der Waals surface area (Å²) in [5.41, 5.74) is 1.17. The third kappa shape index (κ3) is 2.85. The van der Waals surface area contributed by atoms with Gasteiger partial charge in [0.15, 0.2) is 6.04 Å². The number of nitrogens with zero attached hydrogens (tertiary/aromatic N) is 2. The summed E-state index contributed by atoms with van der Waals surface area (Å²) in [5, 5.41) is 6.54. The molecule has 1 heterocycles. The molecule has 0 radical (unpaired) electrons. The Balaban J connectivity index is 2.08. The van der Waals surface area contributed by atoms with Crippen molar-refractivity contribution in [2.45, 2.75) is 13.0 Å². The van der Waals surface area contributed by atoms with Crippen LogP contribution >= 0.6 is 0 Å². The van der Waals surface area contributed by atoms with Gasteiger partial charge in [-0.25, -0.2) is 9.48 Å². The SMILES string of the molecule is COC(=O)[C@@H](C)n1nc(-c2ccc3ccccc3c2)ccc1=O. The summed E-state index contributed by atoms with van der Waals surface area (Å²) in [6.07, 6.45) is 0. The van der Waals surface area contributed by atoms with Crippen LogP contribution in [0, 0.1) is 0 Å². The Morgan fingerprint density at radius 2 is 1.83 bits per heavy atom. The van der Waals surface area contributed by atoms with Crippen molar-refractivity contribution in [3.8, 4) is 11.3 Å². The second-order valence-corrected chi connectivity index (χ2v) is 5.26. The second-order valence-electron chi connectivity index (χ2n) is 5.26. The van der Waals surface area contributed by atoms with Gasteiger partial charge in [-0.2, -0.15) is 5.10 Å². The number of carbonyl (C=O) groups is 1. The first-order valence-electron chi connectivity index (χ1n) is 7.27. The van der Waals surface area contributed by atoms with Crippen molar-refractivity contribution >= 4 is 16.7 Å². The van der Waals surface area contributed by atoms with Gasteiger partial charge in [-0.1, -0.05) is 36.4 Å². The molecule has 5 heteroatoms. The lowest BCUT2D eigenvalue weighted by molar-refractivity contribution is -0.144. The number of methoxy groups -OCH3 is 1. The van der Waals surface area contributed by atoms with Gasteiger partial charge in [0.1, 0.15) is 0 Å². The van der Waals surface area contributed by atoms with E-state index in [9.17, 15) is 9.59 Å². The highest BCUT2D eigenvalue weighted by molar-refractivity contribution is 5.86. The molecule has 5 nitrogen and oxygen atoms in total. The van der Waals surface area contributed by atoms with E-state index in [1.807, 2.05) is 42.5 Å². The molecule has 1 atom stereocenters. The molecule has 0 aliphatic carbocycles. The molecule has 3 aromatic rings. The number of benzene rings is 2. The molecule has 0 bridgehead atoms. The zero-order valence-corrected chi connectivity index (χ0v) is 12.9. The lowest BCUT2D eigenvalue weighted by Gasteiger charge is -2.12. The van der Waals surface area contributed by atoms with Crippen molar-refractivity contribution in [3.63, 3.8) is 0 Å². The predicted octanol–water partition coefficient (Wildman–Crippen LogP) is 2.80. The van der Waals surface area contributed by atoms with E-state index in [1.54, 1.807) is 13.0 Å². The van der Waals surface area contributed by atoms with E-state index in [-0.39, 0.29) is 5.56 Å². The van der Waals surface area contributed by atoms with E-state index in [0.29, 0.717) is 5.69 Å². The van der Waals surface area contributed by atoms with Gasteiger partial charge in [0.05, 0.1) is 12.8 Å². The first-order chi connectivity index (χ1) is 11.1. The predicted molar refractivity (Wildman–Crippen MR) is 88.2 cm³/mol. The van der Waals surface area contributed by atoms with Crippen molar-refractivity contribution in [3.05, 3.63) is 65.0 Å². The van der Waals surface area contributed by atoms with Crippen LogP contribution in [0.3, 0.4) is 0 Å². The minimum atomic E-state index is -0.770. The monoisotopic (exact) mass is 308 g/mol. The van der Waals surface area contributed by atoms with Gasteiger partial charge >= 0.3 is 5.97 Å². The van der Waals surface area contributed by atoms with E-state index in [4.69, 9.17) is 0 Å². The van der Waals surface area contributed by atoms with Crippen LogP contribution in [-0.4, -0.2) is 22.9 Å². The summed E-state index contributed by atoms with van der Waals surface area (Å²) < 4.78 is 5.84. The quantitative estimate of drug-likeness (QED) is 0.698. The number of hydrogen-bond donors (Lipinski definition) is 0. The minimum Gasteiger partial charge on any atom is -0.467 e. The van der Waals surface area contributed by atoms with E-state index in [1.165, 1.54) is 13.2 Å². The van der Waals surface area contributed by atoms with Gasteiger partial charge in [0.25, 0.3) is 5.56 Å². The number of rotatable bonds is 3. The van der Waals surface area contributed by atoms with Crippen LogP contribution in [0.25, 0.3) is 22.0 Å². The fraction of sp³-hybridized carbons (Fsp3) is 0.167. The molecule has 116 valence electrons. The van der Waals surface area contributed by atoms with Gasteiger partial charge in [-0.15, -0.1) is 0 Å². The number of hydrogen-bond acceptors (Lipinski definition) is 4. The largest absolute Gasteiger partial charge is 0.467 e.